The Bertz CT molecular complexity index is 451. The zero-order valence-corrected chi connectivity index (χ0v) is 12.2. The fraction of sp³-hybridized carbons (Fsp3) is 0.700. The molecule has 20 heavy (non-hydrogen) atoms. The molecule has 2 N–H and O–H groups in total. The molecule has 1 aliphatic heterocycles. The third kappa shape index (κ3) is 4.68. The van der Waals surface area contributed by atoms with Gasteiger partial charge in [0.2, 0.25) is 11.9 Å². The third-order valence-electron chi connectivity index (χ3n) is 2.44. The molecule has 0 saturated carbocycles. The van der Waals surface area contributed by atoms with E-state index in [1.54, 1.807) is 13.8 Å². The largest absolute Gasteiger partial charge is 0.433 e. The number of nitro groups is 1. The number of hydrogen-bond donors (Lipinski definition) is 2. The van der Waals surface area contributed by atoms with Gasteiger partial charge in [-0.05, 0) is 13.8 Å². The Hall–Kier alpha value is -1.84. The first-order valence-electron chi connectivity index (χ1n) is 5.83. The summed E-state index contributed by atoms with van der Waals surface area (Å²) in [4.78, 5) is 37.1. The maximum atomic E-state index is 11.3. The molecule has 10 heteroatoms. The summed E-state index contributed by atoms with van der Waals surface area (Å²) in [6, 6.07) is -0.907. The van der Waals surface area contributed by atoms with Crippen molar-refractivity contribution in [2.45, 2.75) is 32.4 Å². The second kappa shape index (κ2) is 6.55. The third-order valence-corrected chi connectivity index (χ3v) is 3.70. The Balaban J connectivity index is 2.48. The molecule has 1 rings (SSSR count). The summed E-state index contributed by atoms with van der Waals surface area (Å²) in [5, 5.41) is 19.4. The molecule has 0 spiro atoms. The van der Waals surface area contributed by atoms with Crippen LogP contribution in [0.4, 0.5) is 4.79 Å². The number of nitrogens with one attached hydrogen (secondary N) is 2. The van der Waals surface area contributed by atoms with E-state index in [4.69, 9.17) is 0 Å². The molecule has 112 valence electrons. The van der Waals surface area contributed by atoms with Crippen molar-refractivity contribution in [2.75, 3.05) is 12.3 Å². The average molecular weight is 304 g/mol. The highest BCUT2D eigenvalue weighted by Gasteiger charge is 2.33. The molecule has 0 aromatic carbocycles. The Morgan fingerprint density at radius 3 is 2.90 bits per heavy atom. The lowest BCUT2D eigenvalue weighted by Crippen LogP contribution is -2.53. The van der Waals surface area contributed by atoms with E-state index < -0.39 is 22.6 Å². The van der Waals surface area contributed by atoms with E-state index in [1.807, 2.05) is 0 Å². The maximum absolute atomic E-state index is 11.3. The second-order valence-corrected chi connectivity index (χ2v) is 5.72. The lowest BCUT2D eigenvalue weighted by Gasteiger charge is -2.30. The van der Waals surface area contributed by atoms with Crippen LogP contribution in [0.1, 0.15) is 20.8 Å². The molecule has 2 amide bonds. The molecule has 0 radical (unpaired) electrons. The molecule has 1 atom stereocenters. The highest BCUT2D eigenvalue weighted by Crippen LogP contribution is 2.22. The summed E-state index contributed by atoms with van der Waals surface area (Å²) in [5.41, 5.74) is -0.714. The smallest absolute Gasteiger partial charge is 0.344 e. The van der Waals surface area contributed by atoms with Crippen LogP contribution in [-0.4, -0.2) is 45.8 Å². The summed E-state index contributed by atoms with van der Waals surface area (Å²) in [5.74, 6) is 0.0780. The zero-order valence-electron chi connectivity index (χ0n) is 11.3. The standard InChI is InChI=1S/C10H16N4O5S/c1-6(14(17)18)4-11-9(16)19-13-8-10(2,3)12-7(15)5-20-8/h6H,4-5H2,1-3H3,(H,11,16)(H,12,15). The van der Waals surface area contributed by atoms with Gasteiger partial charge < -0.3 is 10.6 Å². The summed E-state index contributed by atoms with van der Waals surface area (Å²) < 4.78 is 0. The molecular weight excluding hydrogens is 288 g/mol. The highest BCUT2D eigenvalue weighted by molar-refractivity contribution is 8.14. The van der Waals surface area contributed by atoms with Crippen molar-refractivity contribution < 1.29 is 19.3 Å². The molecular formula is C10H16N4O5S. The van der Waals surface area contributed by atoms with Gasteiger partial charge >= 0.3 is 6.09 Å². The van der Waals surface area contributed by atoms with Crippen LogP contribution in [0.5, 0.6) is 0 Å². The van der Waals surface area contributed by atoms with Crippen LogP contribution in [-0.2, 0) is 9.63 Å². The predicted molar refractivity (Wildman–Crippen MR) is 73.1 cm³/mol. The number of oxime groups is 1. The van der Waals surface area contributed by atoms with Gasteiger partial charge in [0.25, 0.3) is 0 Å². The van der Waals surface area contributed by atoms with Gasteiger partial charge in [0.15, 0.2) is 0 Å². The zero-order chi connectivity index (χ0) is 15.3. The molecule has 1 heterocycles. The molecule has 1 saturated heterocycles. The predicted octanol–water partition coefficient (Wildman–Crippen LogP) is 0.333. The van der Waals surface area contributed by atoms with Crippen LogP contribution in [0.25, 0.3) is 0 Å². The lowest BCUT2D eigenvalue weighted by molar-refractivity contribution is -0.515. The first-order chi connectivity index (χ1) is 9.22. The van der Waals surface area contributed by atoms with Crippen LogP contribution in [0.2, 0.25) is 0 Å². The van der Waals surface area contributed by atoms with E-state index >= 15 is 0 Å². The number of nitrogens with zero attached hydrogens (tertiary/aromatic N) is 2. The minimum Gasteiger partial charge on any atom is -0.344 e. The van der Waals surface area contributed by atoms with E-state index in [0.29, 0.717) is 5.04 Å². The van der Waals surface area contributed by atoms with Crippen molar-refractivity contribution in [1.82, 2.24) is 10.6 Å². The van der Waals surface area contributed by atoms with E-state index in [9.17, 15) is 19.7 Å². The van der Waals surface area contributed by atoms with E-state index in [1.165, 1.54) is 18.7 Å². The van der Waals surface area contributed by atoms with Gasteiger partial charge in [0, 0.05) is 11.8 Å². The Morgan fingerprint density at radius 2 is 2.35 bits per heavy atom. The van der Waals surface area contributed by atoms with Crippen LogP contribution in [0.3, 0.4) is 0 Å². The van der Waals surface area contributed by atoms with Gasteiger partial charge in [-0.2, -0.15) is 0 Å². The topological polar surface area (TPSA) is 123 Å². The van der Waals surface area contributed by atoms with Crippen LogP contribution < -0.4 is 10.6 Å². The van der Waals surface area contributed by atoms with Gasteiger partial charge in [-0.3, -0.25) is 19.7 Å². The highest BCUT2D eigenvalue weighted by atomic mass is 32.2. The second-order valence-electron chi connectivity index (χ2n) is 4.75. The molecule has 1 unspecified atom stereocenters. The number of amides is 2. The van der Waals surface area contributed by atoms with Gasteiger partial charge in [-0.15, -0.1) is 0 Å². The number of thioether (sulfide) groups is 1. The van der Waals surface area contributed by atoms with Crippen molar-refractivity contribution >= 4 is 28.8 Å². The SMILES string of the molecule is CC(CNC(=O)ON=C1SCC(=O)NC1(C)C)[N+](=O)[O-]. The maximum Gasteiger partial charge on any atom is 0.433 e. The van der Waals surface area contributed by atoms with Gasteiger partial charge in [0.1, 0.15) is 5.04 Å². The fourth-order valence-electron chi connectivity index (χ4n) is 1.31. The van der Waals surface area contributed by atoms with Gasteiger partial charge in [-0.25, -0.2) is 4.79 Å². The first kappa shape index (κ1) is 16.2. The Kier molecular flexibility index (Phi) is 5.31. The van der Waals surface area contributed by atoms with E-state index in [-0.39, 0.29) is 18.2 Å². The summed E-state index contributed by atoms with van der Waals surface area (Å²) in [6.07, 6.45) is -0.875. The number of carbonyl (C=O) groups excluding carboxylic acids is 2. The fourth-order valence-corrected chi connectivity index (χ4v) is 2.16. The van der Waals surface area contributed by atoms with Crippen molar-refractivity contribution in [2.24, 2.45) is 5.16 Å². The summed E-state index contributed by atoms with van der Waals surface area (Å²) in [6.45, 7) is 4.67. The van der Waals surface area contributed by atoms with E-state index in [2.05, 4.69) is 20.6 Å². The molecule has 0 aromatic rings. The van der Waals surface area contributed by atoms with Crippen LogP contribution in [0.15, 0.2) is 5.16 Å². The van der Waals surface area contributed by atoms with Crippen molar-refractivity contribution in [3.8, 4) is 0 Å². The normalized spacial score (nSPS) is 20.9. The van der Waals surface area contributed by atoms with Crippen LogP contribution >= 0.6 is 11.8 Å². The minimum absolute atomic E-state index is 0.122. The Morgan fingerprint density at radius 1 is 1.70 bits per heavy atom. The molecule has 0 bridgehead atoms. The molecule has 1 fully saturated rings. The summed E-state index contributed by atoms with van der Waals surface area (Å²) >= 11 is 1.17. The molecule has 9 nitrogen and oxygen atoms in total. The number of carbonyl (C=O) groups is 2. The van der Waals surface area contributed by atoms with Gasteiger partial charge in [0.05, 0.1) is 17.8 Å². The van der Waals surface area contributed by atoms with Gasteiger partial charge in [-0.1, -0.05) is 16.9 Å². The summed E-state index contributed by atoms with van der Waals surface area (Å²) in [7, 11) is 0. The molecule has 0 aliphatic carbocycles. The molecule has 1 aliphatic rings. The lowest BCUT2D eigenvalue weighted by atomic mass is 10.1. The van der Waals surface area contributed by atoms with Crippen molar-refractivity contribution in [1.29, 1.82) is 0 Å². The quantitative estimate of drug-likeness (QED) is 0.438. The minimum atomic E-state index is -0.907. The van der Waals surface area contributed by atoms with Crippen molar-refractivity contribution in [3.05, 3.63) is 10.1 Å². The van der Waals surface area contributed by atoms with E-state index in [0.717, 1.165) is 0 Å². The molecule has 0 aromatic heterocycles. The first-order valence-corrected chi connectivity index (χ1v) is 6.81. The average Bonchev–Trinajstić information content (AvgIpc) is 2.33. The van der Waals surface area contributed by atoms with Crippen molar-refractivity contribution in [3.63, 3.8) is 0 Å². The van der Waals surface area contributed by atoms with Crippen LogP contribution in [0, 0.1) is 10.1 Å². The monoisotopic (exact) mass is 304 g/mol. The Labute approximate surface area is 119 Å². The number of rotatable bonds is 4. The number of hydrogen-bond acceptors (Lipinski definition) is 7.